The smallest absolute Gasteiger partial charge is 0.326 e. The van der Waals surface area contributed by atoms with Crippen LogP contribution in [0.5, 0.6) is 0 Å². The van der Waals surface area contributed by atoms with Crippen LogP contribution in [0, 0.1) is 5.92 Å². The lowest BCUT2D eigenvalue weighted by Crippen LogP contribution is -2.39. The normalized spacial score (nSPS) is 20.4. The molecule has 134 valence electrons. The number of carboxylic acids is 1. The molecule has 1 aliphatic heterocycles. The highest BCUT2D eigenvalue weighted by Gasteiger charge is 2.25. The lowest BCUT2D eigenvalue weighted by molar-refractivity contribution is -0.139. The number of hydrogen-bond donors (Lipinski definition) is 3. The predicted molar refractivity (Wildman–Crippen MR) is 97.6 cm³/mol. The average Bonchev–Trinajstić information content (AvgIpc) is 3.01. The van der Waals surface area contributed by atoms with Gasteiger partial charge >= 0.3 is 5.97 Å². The molecule has 3 N–H and O–H groups in total. The number of allylic oxidation sites excluding steroid dienone is 2. The van der Waals surface area contributed by atoms with E-state index in [4.69, 9.17) is 0 Å². The molecule has 2 atom stereocenters. The van der Waals surface area contributed by atoms with E-state index < -0.39 is 12.0 Å². The summed E-state index contributed by atoms with van der Waals surface area (Å²) >= 11 is 0. The van der Waals surface area contributed by atoms with Crippen molar-refractivity contribution < 1.29 is 14.7 Å². The van der Waals surface area contributed by atoms with Crippen molar-refractivity contribution in [3.63, 3.8) is 0 Å². The van der Waals surface area contributed by atoms with E-state index in [0.717, 1.165) is 49.2 Å². The number of hydrogen-bond acceptors (Lipinski definition) is 4. The van der Waals surface area contributed by atoms with Crippen molar-refractivity contribution in [3.05, 3.63) is 41.1 Å². The van der Waals surface area contributed by atoms with Crippen LogP contribution in [0.15, 0.2) is 30.0 Å². The Morgan fingerprint density at radius 1 is 1.40 bits per heavy atom. The summed E-state index contributed by atoms with van der Waals surface area (Å²) in [6.07, 6.45) is 6.36. The van der Waals surface area contributed by atoms with Crippen molar-refractivity contribution in [3.8, 4) is 0 Å². The van der Waals surface area contributed by atoms with Gasteiger partial charge < -0.3 is 15.7 Å². The molecule has 0 bridgehead atoms. The molecule has 5 heteroatoms. The van der Waals surface area contributed by atoms with Crippen molar-refractivity contribution in [2.75, 3.05) is 11.9 Å². The van der Waals surface area contributed by atoms with Gasteiger partial charge in [-0.2, -0.15) is 0 Å². The molecule has 0 spiro atoms. The summed E-state index contributed by atoms with van der Waals surface area (Å²) in [5.74, 6) is -0.463. The Morgan fingerprint density at radius 3 is 3.00 bits per heavy atom. The third kappa shape index (κ3) is 4.41. The third-order valence-corrected chi connectivity index (χ3v) is 5.01. The number of fused-ring (bicyclic) bond motifs is 1. The number of carbonyl (C=O) groups excluding carboxylic acids is 1. The molecule has 0 aromatic heterocycles. The highest BCUT2D eigenvalue weighted by atomic mass is 16.4. The number of anilines is 1. The molecule has 5 nitrogen and oxygen atoms in total. The number of rotatable bonds is 7. The zero-order chi connectivity index (χ0) is 17.8. The summed E-state index contributed by atoms with van der Waals surface area (Å²) in [7, 11) is 0. The number of ketones is 1. The SMILES string of the molecule is CCCC1CC(=O)C=C(N[C@H](Cc2ccc3c(c2)CCN3)C(=O)O)C1. The zero-order valence-electron chi connectivity index (χ0n) is 14.7. The van der Waals surface area contributed by atoms with E-state index in [1.807, 2.05) is 12.1 Å². The lowest BCUT2D eigenvalue weighted by atomic mass is 9.87. The maximum Gasteiger partial charge on any atom is 0.326 e. The van der Waals surface area contributed by atoms with Gasteiger partial charge in [0.05, 0.1) is 0 Å². The minimum Gasteiger partial charge on any atom is -0.480 e. The van der Waals surface area contributed by atoms with Gasteiger partial charge in [-0.3, -0.25) is 4.79 Å². The van der Waals surface area contributed by atoms with E-state index in [1.54, 1.807) is 6.08 Å². The van der Waals surface area contributed by atoms with Crippen LogP contribution in [0.25, 0.3) is 0 Å². The second-order valence-corrected chi connectivity index (χ2v) is 7.11. The van der Waals surface area contributed by atoms with Crippen molar-refractivity contribution >= 4 is 17.4 Å². The summed E-state index contributed by atoms with van der Waals surface area (Å²) in [5, 5.41) is 16.0. The molecule has 0 amide bonds. The van der Waals surface area contributed by atoms with Crippen molar-refractivity contribution in [2.24, 2.45) is 5.92 Å². The first kappa shape index (κ1) is 17.5. The fourth-order valence-corrected chi connectivity index (χ4v) is 3.84. The Kier molecular flexibility index (Phi) is 5.41. The molecule has 3 rings (SSSR count). The van der Waals surface area contributed by atoms with Crippen LogP contribution in [-0.2, 0) is 22.4 Å². The highest BCUT2D eigenvalue weighted by molar-refractivity contribution is 5.91. The van der Waals surface area contributed by atoms with Crippen LogP contribution in [0.3, 0.4) is 0 Å². The highest BCUT2D eigenvalue weighted by Crippen LogP contribution is 2.26. The fraction of sp³-hybridized carbons (Fsp3) is 0.500. The number of benzene rings is 1. The van der Waals surface area contributed by atoms with Crippen LogP contribution < -0.4 is 10.6 Å². The van der Waals surface area contributed by atoms with Gasteiger partial charge in [-0.15, -0.1) is 0 Å². The van der Waals surface area contributed by atoms with Gasteiger partial charge in [0.1, 0.15) is 6.04 Å². The second-order valence-electron chi connectivity index (χ2n) is 7.11. The Bertz CT molecular complexity index is 696. The molecule has 1 aliphatic carbocycles. The number of aliphatic carboxylic acids is 1. The Balaban J connectivity index is 1.69. The van der Waals surface area contributed by atoms with Gasteiger partial charge in [0, 0.05) is 36.8 Å². The minimum atomic E-state index is -0.885. The minimum absolute atomic E-state index is 0.0972. The first-order valence-corrected chi connectivity index (χ1v) is 9.13. The topological polar surface area (TPSA) is 78.4 Å². The van der Waals surface area contributed by atoms with E-state index in [-0.39, 0.29) is 5.78 Å². The summed E-state index contributed by atoms with van der Waals surface area (Å²) in [6.45, 7) is 3.05. The van der Waals surface area contributed by atoms with Crippen molar-refractivity contribution in [2.45, 2.75) is 51.5 Å². The van der Waals surface area contributed by atoms with Crippen LogP contribution in [0.4, 0.5) is 5.69 Å². The monoisotopic (exact) mass is 342 g/mol. The largest absolute Gasteiger partial charge is 0.480 e. The van der Waals surface area contributed by atoms with E-state index in [1.165, 1.54) is 5.56 Å². The molecule has 0 saturated heterocycles. The van der Waals surface area contributed by atoms with Crippen LogP contribution >= 0.6 is 0 Å². The molecule has 0 fully saturated rings. The van der Waals surface area contributed by atoms with Gasteiger partial charge in [0.2, 0.25) is 0 Å². The standard InChI is InChI=1S/C20H26N2O3/c1-2-3-13-9-16(12-17(23)10-13)22-19(20(24)25)11-14-4-5-18-15(8-14)6-7-21-18/h4-5,8,12-13,19,21-22H,2-3,6-7,9-11H2,1H3,(H,24,25)/t13?,19-/m1/s1. The first-order valence-electron chi connectivity index (χ1n) is 9.13. The molecular formula is C20H26N2O3. The fourth-order valence-electron chi connectivity index (χ4n) is 3.84. The molecule has 2 aliphatic rings. The molecule has 1 unspecified atom stereocenters. The molecule has 1 aromatic rings. The number of nitrogens with one attached hydrogen (secondary N) is 2. The summed E-state index contributed by atoms with van der Waals surface area (Å²) in [4.78, 5) is 23.6. The van der Waals surface area contributed by atoms with Crippen LogP contribution in [-0.4, -0.2) is 29.4 Å². The van der Waals surface area contributed by atoms with Gasteiger partial charge in [-0.05, 0) is 42.4 Å². The first-order chi connectivity index (χ1) is 12.0. The lowest BCUT2D eigenvalue weighted by Gasteiger charge is -2.25. The summed E-state index contributed by atoms with van der Waals surface area (Å²) < 4.78 is 0. The van der Waals surface area contributed by atoms with Crippen molar-refractivity contribution in [1.29, 1.82) is 0 Å². The van der Waals surface area contributed by atoms with E-state index in [9.17, 15) is 14.7 Å². The predicted octanol–water partition coefficient (Wildman–Crippen LogP) is 2.90. The average molecular weight is 342 g/mol. The molecule has 25 heavy (non-hydrogen) atoms. The maximum absolute atomic E-state index is 11.9. The van der Waals surface area contributed by atoms with Crippen LogP contribution in [0.2, 0.25) is 0 Å². The summed E-state index contributed by atoms with van der Waals surface area (Å²) in [5.41, 5.74) is 4.17. The summed E-state index contributed by atoms with van der Waals surface area (Å²) in [6, 6.07) is 5.38. The molecular weight excluding hydrogens is 316 g/mol. The van der Waals surface area contributed by atoms with Crippen LogP contribution in [0.1, 0.15) is 43.7 Å². The second kappa shape index (κ2) is 7.72. The zero-order valence-corrected chi connectivity index (χ0v) is 14.7. The molecule has 0 radical (unpaired) electrons. The quantitative estimate of drug-likeness (QED) is 0.710. The van der Waals surface area contributed by atoms with Gasteiger partial charge in [0.15, 0.2) is 5.78 Å². The van der Waals surface area contributed by atoms with E-state index >= 15 is 0 Å². The molecule has 1 aromatic carbocycles. The number of carbonyl (C=O) groups is 2. The Labute approximate surface area is 148 Å². The third-order valence-electron chi connectivity index (χ3n) is 5.01. The number of carboxylic acid groups (broad SMARTS) is 1. The molecule has 0 saturated carbocycles. The van der Waals surface area contributed by atoms with E-state index in [2.05, 4.69) is 23.6 Å². The van der Waals surface area contributed by atoms with Gasteiger partial charge in [0.25, 0.3) is 0 Å². The maximum atomic E-state index is 11.9. The molecule has 1 heterocycles. The van der Waals surface area contributed by atoms with E-state index in [0.29, 0.717) is 18.8 Å². The van der Waals surface area contributed by atoms with Gasteiger partial charge in [-0.1, -0.05) is 25.5 Å². The Morgan fingerprint density at radius 2 is 2.24 bits per heavy atom. The van der Waals surface area contributed by atoms with Gasteiger partial charge in [-0.25, -0.2) is 4.79 Å². The Hall–Kier alpha value is -2.30. The van der Waals surface area contributed by atoms with Crippen molar-refractivity contribution in [1.82, 2.24) is 5.32 Å².